The maximum absolute atomic E-state index is 12.5. The highest BCUT2D eigenvalue weighted by molar-refractivity contribution is 5.70. The monoisotopic (exact) mass is 324 g/mol. The fraction of sp³-hybridized carbons (Fsp3) is 0.500. The number of ether oxygens (including phenoxy) is 1. The summed E-state index contributed by atoms with van der Waals surface area (Å²) in [5.41, 5.74) is 2.66. The quantitative estimate of drug-likeness (QED) is 0.766. The number of rotatable bonds is 2. The zero-order valence-electron chi connectivity index (χ0n) is 14.6. The molecule has 0 spiro atoms. The Morgan fingerprint density at radius 2 is 2.08 bits per heavy atom. The second kappa shape index (κ2) is 6.32. The van der Waals surface area contributed by atoms with E-state index < -0.39 is 5.60 Å². The van der Waals surface area contributed by atoms with Crippen LogP contribution in [-0.4, -0.2) is 28.7 Å². The molecule has 2 atom stereocenters. The Morgan fingerprint density at radius 3 is 2.75 bits per heavy atom. The summed E-state index contributed by atoms with van der Waals surface area (Å²) in [5, 5.41) is 9.25. The summed E-state index contributed by atoms with van der Waals surface area (Å²) < 4.78 is 5.56. The predicted molar refractivity (Wildman–Crippen MR) is 92.4 cm³/mol. The van der Waals surface area contributed by atoms with Crippen LogP contribution in [0.2, 0.25) is 0 Å². The summed E-state index contributed by atoms with van der Waals surface area (Å²) in [4.78, 5) is 14.4. The van der Waals surface area contributed by atoms with E-state index in [4.69, 9.17) is 4.74 Å². The third-order valence-corrected chi connectivity index (χ3v) is 4.63. The molecule has 1 aromatic rings. The average Bonchev–Trinajstić information content (AvgIpc) is 2.78. The van der Waals surface area contributed by atoms with Crippen LogP contribution in [0.4, 0.5) is 4.79 Å². The molecule has 3 rings (SSSR count). The summed E-state index contributed by atoms with van der Waals surface area (Å²) in [5.74, 6) is 0. The number of carbonyl (C=O) groups is 1. The first-order chi connectivity index (χ1) is 11.4. The fourth-order valence-corrected chi connectivity index (χ4v) is 3.68. The Balaban J connectivity index is 1.75. The fourth-order valence-electron chi connectivity index (χ4n) is 3.68. The lowest BCUT2D eigenvalue weighted by Crippen LogP contribution is -2.45. The van der Waals surface area contributed by atoms with E-state index in [1.165, 1.54) is 5.57 Å². The van der Waals surface area contributed by atoms with Gasteiger partial charge in [-0.15, -0.1) is 0 Å². The van der Waals surface area contributed by atoms with Crippen LogP contribution in [0.1, 0.15) is 51.2 Å². The van der Waals surface area contributed by atoms with Gasteiger partial charge in [0.05, 0.1) is 17.7 Å². The van der Waals surface area contributed by atoms with E-state index in [0.29, 0.717) is 0 Å². The Bertz CT molecular complexity index is 709. The second-order valence-corrected chi connectivity index (χ2v) is 7.66. The molecule has 2 bridgehead atoms. The summed E-state index contributed by atoms with van der Waals surface area (Å²) in [6.45, 7) is 5.70. The van der Waals surface area contributed by atoms with Crippen molar-refractivity contribution in [3.05, 3.63) is 47.0 Å². The first kappa shape index (κ1) is 16.6. The molecule has 2 aliphatic rings. The Morgan fingerprint density at radius 1 is 1.33 bits per heavy atom. The lowest BCUT2D eigenvalue weighted by molar-refractivity contribution is 0.0166. The largest absolute Gasteiger partial charge is 0.444 e. The molecule has 24 heavy (non-hydrogen) atoms. The van der Waals surface area contributed by atoms with E-state index in [1.54, 1.807) is 0 Å². The molecule has 0 saturated carbocycles. The summed E-state index contributed by atoms with van der Waals surface area (Å²) in [6, 6.07) is 10.4. The van der Waals surface area contributed by atoms with Crippen LogP contribution in [0.3, 0.4) is 0 Å². The highest BCUT2D eigenvalue weighted by Crippen LogP contribution is 2.37. The highest BCUT2D eigenvalue weighted by Gasteiger charge is 2.41. The van der Waals surface area contributed by atoms with Crippen molar-refractivity contribution < 1.29 is 9.53 Å². The third kappa shape index (κ3) is 3.46. The minimum atomic E-state index is -0.466. The van der Waals surface area contributed by atoms with E-state index in [9.17, 15) is 10.1 Å². The predicted octanol–water partition coefficient (Wildman–Crippen LogP) is 4.20. The molecule has 1 amide bonds. The van der Waals surface area contributed by atoms with Crippen molar-refractivity contribution in [3.8, 4) is 6.07 Å². The molecule has 4 nitrogen and oxygen atoms in total. The molecule has 0 radical (unpaired) electrons. The molecule has 0 N–H and O–H groups in total. The molecule has 0 aliphatic carbocycles. The van der Waals surface area contributed by atoms with E-state index in [2.05, 4.69) is 12.1 Å². The van der Waals surface area contributed by atoms with Crippen molar-refractivity contribution in [2.75, 3.05) is 0 Å². The molecule has 2 heterocycles. The maximum atomic E-state index is 12.5. The van der Waals surface area contributed by atoms with Crippen molar-refractivity contribution in [2.45, 2.75) is 64.1 Å². The lowest BCUT2D eigenvalue weighted by Gasteiger charge is -2.35. The SMILES string of the molecule is CC(C)(C)OC(=O)N1C2C=C(Cc3ccccc3C#N)CC1CC2. The van der Waals surface area contributed by atoms with E-state index >= 15 is 0 Å². The molecule has 1 aromatic carbocycles. The van der Waals surface area contributed by atoms with Gasteiger partial charge in [0, 0.05) is 6.04 Å². The maximum Gasteiger partial charge on any atom is 0.411 e. The van der Waals surface area contributed by atoms with Gasteiger partial charge in [0.15, 0.2) is 0 Å². The smallest absolute Gasteiger partial charge is 0.411 e. The molecule has 1 saturated heterocycles. The van der Waals surface area contributed by atoms with Crippen LogP contribution in [-0.2, 0) is 11.2 Å². The first-order valence-electron chi connectivity index (χ1n) is 8.56. The van der Waals surface area contributed by atoms with Crippen molar-refractivity contribution in [1.29, 1.82) is 5.26 Å². The number of nitriles is 1. The molecule has 126 valence electrons. The van der Waals surface area contributed by atoms with E-state index in [0.717, 1.165) is 36.8 Å². The van der Waals surface area contributed by atoms with Crippen molar-refractivity contribution in [1.82, 2.24) is 4.90 Å². The number of carbonyl (C=O) groups excluding carboxylic acids is 1. The first-order valence-corrected chi connectivity index (χ1v) is 8.56. The molecule has 4 heteroatoms. The number of fused-ring (bicyclic) bond motifs is 2. The van der Waals surface area contributed by atoms with Crippen LogP contribution in [0.5, 0.6) is 0 Å². The van der Waals surface area contributed by atoms with Gasteiger partial charge in [0.25, 0.3) is 0 Å². The highest BCUT2D eigenvalue weighted by atomic mass is 16.6. The summed E-state index contributed by atoms with van der Waals surface area (Å²) >= 11 is 0. The zero-order valence-corrected chi connectivity index (χ0v) is 14.6. The van der Waals surface area contributed by atoms with E-state index in [1.807, 2.05) is 49.9 Å². The van der Waals surface area contributed by atoms with Gasteiger partial charge in [-0.25, -0.2) is 4.79 Å². The van der Waals surface area contributed by atoms with Gasteiger partial charge in [-0.2, -0.15) is 5.26 Å². The lowest BCUT2D eigenvalue weighted by atomic mass is 9.93. The molecule has 2 aliphatic heterocycles. The van der Waals surface area contributed by atoms with Gasteiger partial charge in [0.2, 0.25) is 0 Å². The van der Waals surface area contributed by atoms with Gasteiger partial charge in [0.1, 0.15) is 5.60 Å². The molecule has 2 unspecified atom stereocenters. The number of benzene rings is 1. The molecular formula is C20H24N2O2. The number of hydrogen-bond acceptors (Lipinski definition) is 3. The topological polar surface area (TPSA) is 53.3 Å². The average molecular weight is 324 g/mol. The number of nitrogens with zero attached hydrogens (tertiary/aromatic N) is 2. The van der Waals surface area contributed by atoms with Crippen molar-refractivity contribution >= 4 is 6.09 Å². The minimum absolute atomic E-state index is 0.128. The van der Waals surface area contributed by atoms with Gasteiger partial charge in [-0.05, 0) is 58.1 Å². The zero-order chi connectivity index (χ0) is 17.3. The van der Waals surface area contributed by atoms with Crippen LogP contribution in [0.15, 0.2) is 35.9 Å². The molecular weight excluding hydrogens is 300 g/mol. The Labute approximate surface area is 143 Å². The van der Waals surface area contributed by atoms with E-state index in [-0.39, 0.29) is 18.2 Å². The van der Waals surface area contributed by atoms with Gasteiger partial charge in [-0.1, -0.05) is 29.8 Å². The van der Waals surface area contributed by atoms with Gasteiger partial charge < -0.3 is 4.74 Å². The minimum Gasteiger partial charge on any atom is -0.444 e. The Kier molecular flexibility index (Phi) is 4.36. The van der Waals surface area contributed by atoms with Crippen molar-refractivity contribution in [2.24, 2.45) is 0 Å². The summed E-state index contributed by atoms with van der Waals surface area (Å²) in [6.07, 6.45) is 5.68. The van der Waals surface area contributed by atoms with Crippen LogP contribution in [0, 0.1) is 11.3 Å². The number of amides is 1. The van der Waals surface area contributed by atoms with Crippen LogP contribution in [0.25, 0.3) is 0 Å². The third-order valence-electron chi connectivity index (χ3n) is 4.63. The Hall–Kier alpha value is -2.28. The summed E-state index contributed by atoms with van der Waals surface area (Å²) in [7, 11) is 0. The molecule has 1 fully saturated rings. The standard InChI is InChI=1S/C20H24N2O2/c1-20(2,3)24-19(23)22-17-8-9-18(22)12-14(11-17)10-15-6-4-5-7-16(15)13-21/h4-7,11,17-18H,8-10,12H2,1-3H3. The van der Waals surface area contributed by atoms with Gasteiger partial charge in [-0.3, -0.25) is 4.90 Å². The van der Waals surface area contributed by atoms with Crippen molar-refractivity contribution in [3.63, 3.8) is 0 Å². The van der Waals surface area contributed by atoms with Crippen LogP contribution >= 0.6 is 0 Å². The number of hydrogen-bond donors (Lipinski definition) is 0. The van der Waals surface area contributed by atoms with Crippen LogP contribution < -0.4 is 0 Å². The normalized spacial score (nSPS) is 22.8. The van der Waals surface area contributed by atoms with Gasteiger partial charge >= 0.3 is 6.09 Å². The molecule has 0 aromatic heterocycles. The second-order valence-electron chi connectivity index (χ2n) is 7.66.